The van der Waals surface area contributed by atoms with Crippen LogP contribution >= 0.6 is 0 Å². The van der Waals surface area contributed by atoms with Gasteiger partial charge in [-0.15, -0.1) is 0 Å². The maximum atomic E-state index is 12.6. The summed E-state index contributed by atoms with van der Waals surface area (Å²) in [5.41, 5.74) is 1.23. The number of carbonyl (C=O) groups is 2. The van der Waals surface area contributed by atoms with Gasteiger partial charge in [0.25, 0.3) is 5.91 Å². The van der Waals surface area contributed by atoms with Crippen molar-refractivity contribution in [2.45, 2.75) is 25.5 Å². The molecule has 2 aliphatic heterocycles. The molecule has 3 heterocycles. The van der Waals surface area contributed by atoms with E-state index in [1.54, 1.807) is 22.1 Å². The summed E-state index contributed by atoms with van der Waals surface area (Å²) < 4.78 is 6.98. The third kappa shape index (κ3) is 4.68. The van der Waals surface area contributed by atoms with Crippen molar-refractivity contribution in [3.8, 4) is 0 Å². The second-order valence-electron chi connectivity index (χ2n) is 7.47. The molecule has 0 bridgehead atoms. The Morgan fingerprint density at radius 1 is 1.13 bits per heavy atom. The number of ether oxygens (including phenoxy) is 1. The van der Waals surface area contributed by atoms with Gasteiger partial charge in [-0.05, 0) is 36.6 Å². The van der Waals surface area contributed by atoms with Crippen molar-refractivity contribution in [1.82, 2.24) is 19.4 Å². The summed E-state index contributed by atoms with van der Waals surface area (Å²) in [4.78, 5) is 44.1. The molecule has 30 heavy (non-hydrogen) atoms. The van der Waals surface area contributed by atoms with Crippen LogP contribution in [0, 0.1) is 0 Å². The molecule has 1 aromatic heterocycles. The predicted octanol–water partition coefficient (Wildman–Crippen LogP) is 1.15. The lowest BCUT2D eigenvalue weighted by molar-refractivity contribution is -0.142. The molecule has 9 nitrogen and oxygen atoms in total. The average Bonchev–Trinajstić information content (AvgIpc) is 3.30. The smallest absolute Gasteiger partial charge is 0.347 e. The average molecular weight is 411 g/mol. The number of rotatable bonds is 4. The van der Waals surface area contributed by atoms with Gasteiger partial charge in [0.05, 0.1) is 6.54 Å². The molecule has 0 aliphatic carbocycles. The van der Waals surface area contributed by atoms with Crippen LogP contribution in [-0.2, 0) is 16.1 Å². The molecule has 2 aliphatic rings. The highest BCUT2D eigenvalue weighted by Gasteiger charge is 2.31. The Labute approximate surface area is 174 Å². The number of amides is 3. The number of urea groups is 1. The Morgan fingerprint density at radius 2 is 1.93 bits per heavy atom. The summed E-state index contributed by atoms with van der Waals surface area (Å²) in [5, 5.41) is 2.91. The van der Waals surface area contributed by atoms with Crippen molar-refractivity contribution in [2.75, 3.05) is 38.1 Å². The highest BCUT2D eigenvalue weighted by molar-refractivity contribution is 5.89. The van der Waals surface area contributed by atoms with Crippen molar-refractivity contribution < 1.29 is 14.3 Å². The van der Waals surface area contributed by atoms with E-state index in [0.29, 0.717) is 45.0 Å². The van der Waals surface area contributed by atoms with E-state index in [1.165, 1.54) is 10.8 Å². The third-order valence-electron chi connectivity index (χ3n) is 5.40. The first-order valence-corrected chi connectivity index (χ1v) is 10.2. The number of benzene rings is 1. The van der Waals surface area contributed by atoms with Gasteiger partial charge in [-0.3, -0.25) is 9.36 Å². The fourth-order valence-electron chi connectivity index (χ4n) is 3.76. The van der Waals surface area contributed by atoms with Gasteiger partial charge in [0.15, 0.2) is 0 Å². The number of nitrogens with one attached hydrogen (secondary N) is 1. The molecular formula is C21H25N5O4. The maximum absolute atomic E-state index is 12.6. The summed E-state index contributed by atoms with van der Waals surface area (Å²) in [5.74, 6) is 0.0332. The van der Waals surface area contributed by atoms with E-state index in [4.69, 9.17) is 4.74 Å². The molecule has 3 amide bonds. The van der Waals surface area contributed by atoms with E-state index in [9.17, 15) is 14.4 Å². The maximum Gasteiger partial charge on any atom is 0.347 e. The lowest BCUT2D eigenvalue weighted by atomic mass is 10.2. The minimum absolute atomic E-state index is 0.0332. The van der Waals surface area contributed by atoms with Gasteiger partial charge in [-0.1, -0.05) is 12.1 Å². The lowest BCUT2D eigenvalue weighted by Crippen LogP contribution is -2.53. The van der Waals surface area contributed by atoms with Crippen LogP contribution < -0.4 is 11.0 Å². The second-order valence-corrected chi connectivity index (χ2v) is 7.47. The number of hydrogen-bond donors (Lipinski definition) is 1. The second kappa shape index (κ2) is 9.08. The molecule has 2 saturated heterocycles. The topological polar surface area (TPSA) is 96.8 Å². The van der Waals surface area contributed by atoms with Gasteiger partial charge in [-0.25, -0.2) is 14.6 Å². The Kier molecular flexibility index (Phi) is 6.08. The van der Waals surface area contributed by atoms with Crippen LogP contribution in [0.4, 0.5) is 10.5 Å². The third-order valence-corrected chi connectivity index (χ3v) is 5.40. The summed E-state index contributed by atoms with van der Waals surface area (Å²) in [6.45, 7) is 3.00. The predicted molar refractivity (Wildman–Crippen MR) is 110 cm³/mol. The van der Waals surface area contributed by atoms with Crippen molar-refractivity contribution in [2.24, 2.45) is 0 Å². The van der Waals surface area contributed by atoms with Crippen LogP contribution in [0.5, 0.6) is 0 Å². The highest BCUT2D eigenvalue weighted by Crippen LogP contribution is 2.17. The monoisotopic (exact) mass is 411 g/mol. The molecule has 2 aromatic rings. The summed E-state index contributed by atoms with van der Waals surface area (Å²) >= 11 is 0. The summed E-state index contributed by atoms with van der Waals surface area (Å²) in [6.07, 6.45) is 4.52. The Balaban J connectivity index is 1.32. The first kappa shape index (κ1) is 20.1. The van der Waals surface area contributed by atoms with E-state index >= 15 is 0 Å². The first-order valence-electron chi connectivity index (χ1n) is 10.2. The Bertz CT molecular complexity index is 962. The van der Waals surface area contributed by atoms with Crippen LogP contribution in [0.1, 0.15) is 18.4 Å². The molecule has 0 spiro atoms. The van der Waals surface area contributed by atoms with Gasteiger partial charge < -0.3 is 19.9 Å². The molecule has 1 unspecified atom stereocenters. The van der Waals surface area contributed by atoms with Crippen molar-refractivity contribution in [3.05, 3.63) is 58.8 Å². The fraction of sp³-hybridized carbons (Fsp3) is 0.429. The zero-order valence-electron chi connectivity index (χ0n) is 16.7. The van der Waals surface area contributed by atoms with Crippen molar-refractivity contribution >= 4 is 17.6 Å². The molecule has 1 atom stereocenters. The van der Waals surface area contributed by atoms with Crippen LogP contribution in [0.15, 0.2) is 47.5 Å². The molecule has 158 valence electrons. The molecule has 2 fully saturated rings. The summed E-state index contributed by atoms with van der Waals surface area (Å²) in [6, 6.07) is 8.89. The quantitative estimate of drug-likeness (QED) is 0.814. The number of anilines is 1. The van der Waals surface area contributed by atoms with E-state index in [0.717, 1.165) is 18.4 Å². The highest BCUT2D eigenvalue weighted by atomic mass is 16.5. The Hall–Kier alpha value is -3.20. The van der Waals surface area contributed by atoms with Gasteiger partial charge in [-0.2, -0.15) is 0 Å². The molecule has 0 radical (unpaired) electrons. The number of aromatic nitrogens is 2. The van der Waals surface area contributed by atoms with Crippen molar-refractivity contribution in [3.63, 3.8) is 0 Å². The standard InChI is InChI=1S/C21H25N5O4/c27-19(18-6-2-13-30-18)24-9-11-25(12-10-24)21(29)23-17-5-1-4-16(14-17)15-26-8-3-7-22-20(26)28/h1,3-5,7-8,14,18H,2,6,9-13,15H2,(H,23,29). The summed E-state index contributed by atoms with van der Waals surface area (Å²) in [7, 11) is 0. The zero-order valence-corrected chi connectivity index (χ0v) is 16.7. The van der Waals surface area contributed by atoms with Crippen LogP contribution in [0.25, 0.3) is 0 Å². The number of piperazine rings is 1. The fourth-order valence-corrected chi connectivity index (χ4v) is 3.76. The number of carbonyl (C=O) groups excluding carboxylic acids is 2. The van der Waals surface area contributed by atoms with Crippen LogP contribution in [-0.4, -0.2) is 70.2 Å². The van der Waals surface area contributed by atoms with Gasteiger partial charge in [0.1, 0.15) is 6.10 Å². The molecule has 4 rings (SSSR count). The molecular weight excluding hydrogens is 386 g/mol. The van der Waals surface area contributed by atoms with Gasteiger partial charge in [0.2, 0.25) is 0 Å². The molecule has 0 saturated carbocycles. The Morgan fingerprint density at radius 3 is 2.67 bits per heavy atom. The van der Waals surface area contributed by atoms with Gasteiger partial charge >= 0.3 is 11.7 Å². The lowest BCUT2D eigenvalue weighted by Gasteiger charge is -2.35. The van der Waals surface area contributed by atoms with Crippen LogP contribution in [0.3, 0.4) is 0 Å². The normalized spacial score (nSPS) is 19.0. The number of hydrogen-bond acceptors (Lipinski definition) is 5. The SMILES string of the molecule is O=C(Nc1cccc(Cn2cccnc2=O)c1)N1CCN(C(=O)C2CCCO2)CC1. The first-order chi connectivity index (χ1) is 14.6. The molecule has 1 N–H and O–H groups in total. The number of nitrogens with zero attached hydrogens (tertiary/aromatic N) is 4. The minimum atomic E-state index is -0.319. The van der Waals surface area contributed by atoms with Crippen molar-refractivity contribution in [1.29, 1.82) is 0 Å². The van der Waals surface area contributed by atoms with E-state index in [1.807, 2.05) is 24.3 Å². The largest absolute Gasteiger partial charge is 0.368 e. The molecule has 1 aromatic carbocycles. The van der Waals surface area contributed by atoms with Gasteiger partial charge in [0, 0.05) is 50.9 Å². The van der Waals surface area contributed by atoms with E-state index < -0.39 is 0 Å². The zero-order chi connectivity index (χ0) is 20.9. The van der Waals surface area contributed by atoms with Crippen LogP contribution in [0.2, 0.25) is 0 Å². The minimum Gasteiger partial charge on any atom is -0.368 e. The van der Waals surface area contributed by atoms with E-state index in [-0.39, 0.29) is 23.7 Å². The van der Waals surface area contributed by atoms with E-state index in [2.05, 4.69) is 10.3 Å². The molecule has 9 heteroatoms.